The number of carbonyl (C=O) groups is 1. The normalized spacial score (nSPS) is 11.6. The van der Waals surface area contributed by atoms with E-state index >= 15 is 0 Å². The number of aromatic nitrogens is 4. The van der Waals surface area contributed by atoms with Crippen LogP contribution in [0.5, 0.6) is 0 Å². The number of hydrogen-bond acceptors (Lipinski definition) is 5. The molecule has 194 valence electrons. The number of rotatable bonds is 7. The monoisotopic (exact) mass is 535 g/mol. The van der Waals surface area contributed by atoms with Gasteiger partial charge in [0.1, 0.15) is 17.3 Å². The molecule has 0 saturated heterocycles. The third-order valence-corrected chi connectivity index (χ3v) is 7.17. The van der Waals surface area contributed by atoms with Gasteiger partial charge in [0, 0.05) is 43.7 Å². The van der Waals surface area contributed by atoms with Gasteiger partial charge in [-0.05, 0) is 43.3 Å². The van der Waals surface area contributed by atoms with Gasteiger partial charge in [-0.3, -0.25) is 14.0 Å². The highest BCUT2D eigenvalue weighted by molar-refractivity contribution is 7.90. The first-order valence-electron chi connectivity index (χ1n) is 10.8. The smallest absolute Gasteiger partial charge is 0.272 e. The van der Waals surface area contributed by atoms with E-state index in [2.05, 4.69) is 10.1 Å². The van der Waals surface area contributed by atoms with Crippen molar-refractivity contribution in [1.29, 1.82) is 0 Å². The second-order valence-electron chi connectivity index (χ2n) is 8.39. The molecule has 0 N–H and O–H groups in total. The Kier molecular flexibility index (Phi) is 6.91. The predicted octanol–water partition coefficient (Wildman–Crippen LogP) is 3.72. The summed E-state index contributed by atoms with van der Waals surface area (Å²) in [5.74, 6) is -6.84. The van der Waals surface area contributed by atoms with Crippen molar-refractivity contribution in [3.8, 4) is 5.69 Å². The molecule has 8 nitrogen and oxygen atoms in total. The zero-order valence-corrected chi connectivity index (χ0v) is 20.7. The molecule has 2 aromatic carbocycles. The summed E-state index contributed by atoms with van der Waals surface area (Å²) in [6, 6.07) is 5.70. The summed E-state index contributed by atoms with van der Waals surface area (Å²) < 4.78 is 84.8. The molecule has 4 rings (SSSR count). The zero-order valence-electron chi connectivity index (χ0n) is 19.9. The average molecular weight is 536 g/mol. The Bertz CT molecular complexity index is 1600. The lowest BCUT2D eigenvalue weighted by atomic mass is 10.2. The van der Waals surface area contributed by atoms with Crippen LogP contribution in [0.2, 0.25) is 0 Å². The van der Waals surface area contributed by atoms with E-state index in [1.165, 1.54) is 24.1 Å². The molecule has 0 atom stereocenters. The standard InChI is InChI=1S/C24H21F4N5O3S/c1-14-15(12-32(3)30-14)11-31(2)23(34)21-10-29-24(33(21)17-6-4-16(25)5-7-17)37(35,36)13-18-19(26)8-9-20(27)22(18)28/h4-10,12H,11,13H2,1-3H3. The first-order chi connectivity index (χ1) is 17.4. The van der Waals surface area contributed by atoms with Crippen LogP contribution < -0.4 is 0 Å². The Labute approximate surface area is 209 Å². The first-order valence-corrected chi connectivity index (χ1v) is 12.5. The lowest BCUT2D eigenvalue weighted by Crippen LogP contribution is -2.29. The quantitative estimate of drug-likeness (QED) is 0.266. The van der Waals surface area contributed by atoms with Crippen molar-refractivity contribution in [2.24, 2.45) is 7.05 Å². The van der Waals surface area contributed by atoms with Crippen LogP contribution in [-0.4, -0.2) is 45.6 Å². The lowest BCUT2D eigenvalue weighted by Gasteiger charge is -2.19. The van der Waals surface area contributed by atoms with Gasteiger partial charge < -0.3 is 4.90 Å². The number of benzene rings is 2. The summed E-state index contributed by atoms with van der Waals surface area (Å²) in [6.07, 6.45) is 2.73. The van der Waals surface area contributed by atoms with Crippen LogP contribution in [-0.2, 0) is 29.2 Å². The molecule has 0 aliphatic rings. The number of hydrogen-bond donors (Lipinski definition) is 0. The fourth-order valence-corrected chi connectivity index (χ4v) is 5.30. The summed E-state index contributed by atoms with van der Waals surface area (Å²) in [5, 5.41) is 3.50. The molecule has 0 unspecified atom stereocenters. The van der Waals surface area contributed by atoms with Crippen molar-refractivity contribution >= 4 is 15.7 Å². The third-order valence-electron chi connectivity index (χ3n) is 5.65. The van der Waals surface area contributed by atoms with Crippen molar-refractivity contribution < 1.29 is 30.8 Å². The molecule has 0 saturated carbocycles. The van der Waals surface area contributed by atoms with Crippen molar-refractivity contribution in [2.75, 3.05) is 7.05 Å². The largest absolute Gasteiger partial charge is 0.336 e. The molecule has 0 aliphatic heterocycles. The van der Waals surface area contributed by atoms with Gasteiger partial charge >= 0.3 is 0 Å². The second-order valence-corrected chi connectivity index (χ2v) is 10.3. The SMILES string of the molecule is Cc1nn(C)cc1CN(C)C(=O)c1cnc(S(=O)(=O)Cc2c(F)ccc(F)c2F)n1-c1ccc(F)cc1. The van der Waals surface area contributed by atoms with E-state index in [0.29, 0.717) is 17.8 Å². The van der Waals surface area contributed by atoms with Crippen LogP contribution in [0.3, 0.4) is 0 Å². The number of sulfone groups is 1. The highest BCUT2D eigenvalue weighted by Gasteiger charge is 2.31. The molecule has 0 aliphatic carbocycles. The maximum Gasteiger partial charge on any atom is 0.272 e. The molecule has 0 spiro atoms. The van der Waals surface area contributed by atoms with Crippen LogP contribution in [0.1, 0.15) is 27.3 Å². The second kappa shape index (κ2) is 9.81. The van der Waals surface area contributed by atoms with Crippen LogP contribution in [0, 0.1) is 30.2 Å². The van der Waals surface area contributed by atoms with Crippen molar-refractivity contribution in [1.82, 2.24) is 24.2 Å². The van der Waals surface area contributed by atoms with Gasteiger partial charge in [-0.2, -0.15) is 5.10 Å². The topological polar surface area (TPSA) is 90.1 Å². The molecule has 4 aromatic rings. The minimum absolute atomic E-state index is 0.0620. The molecule has 0 bridgehead atoms. The number of aryl methyl sites for hydroxylation is 2. The van der Waals surface area contributed by atoms with E-state index in [-0.39, 0.29) is 17.9 Å². The first kappa shape index (κ1) is 26.1. The van der Waals surface area contributed by atoms with E-state index in [0.717, 1.165) is 28.5 Å². The van der Waals surface area contributed by atoms with Gasteiger partial charge in [-0.15, -0.1) is 0 Å². The average Bonchev–Trinajstić information content (AvgIpc) is 3.42. The van der Waals surface area contributed by atoms with Crippen LogP contribution >= 0.6 is 0 Å². The summed E-state index contributed by atoms with van der Waals surface area (Å²) in [4.78, 5) is 18.6. The van der Waals surface area contributed by atoms with E-state index in [1.807, 2.05) is 0 Å². The minimum Gasteiger partial charge on any atom is -0.336 e. The third kappa shape index (κ3) is 5.12. The van der Waals surface area contributed by atoms with E-state index < -0.39 is 55.5 Å². The van der Waals surface area contributed by atoms with Gasteiger partial charge in [0.15, 0.2) is 11.6 Å². The van der Waals surface area contributed by atoms with Gasteiger partial charge in [0.25, 0.3) is 5.91 Å². The minimum atomic E-state index is -4.64. The molecule has 2 heterocycles. The maximum atomic E-state index is 14.2. The summed E-state index contributed by atoms with van der Waals surface area (Å²) in [6.45, 7) is 1.90. The Morgan fingerprint density at radius 3 is 2.30 bits per heavy atom. The Morgan fingerprint density at radius 1 is 1.03 bits per heavy atom. The fourth-order valence-electron chi connectivity index (χ4n) is 3.83. The number of carbonyl (C=O) groups excluding carboxylic acids is 1. The Hall–Kier alpha value is -4.00. The molecule has 37 heavy (non-hydrogen) atoms. The lowest BCUT2D eigenvalue weighted by molar-refractivity contribution is 0.0776. The zero-order chi connectivity index (χ0) is 27.1. The Balaban J connectivity index is 1.79. The van der Waals surface area contributed by atoms with Crippen LogP contribution in [0.25, 0.3) is 5.69 Å². The molecule has 0 fully saturated rings. The maximum absolute atomic E-state index is 14.2. The molecule has 1 amide bonds. The van der Waals surface area contributed by atoms with Crippen molar-refractivity contribution in [3.63, 3.8) is 0 Å². The number of nitrogens with zero attached hydrogens (tertiary/aromatic N) is 5. The Morgan fingerprint density at radius 2 is 1.68 bits per heavy atom. The van der Waals surface area contributed by atoms with E-state index in [1.54, 1.807) is 24.9 Å². The fraction of sp³-hybridized carbons (Fsp3) is 0.208. The summed E-state index contributed by atoms with van der Waals surface area (Å²) >= 11 is 0. The van der Waals surface area contributed by atoms with Crippen molar-refractivity contribution in [2.45, 2.75) is 24.4 Å². The molecule has 0 radical (unpaired) electrons. The number of imidazole rings is 1. The van der Waals surface area contributed by atoms with Gasteiger partial charge in [0.05, 0.1) is 17.6 Å². The van der Waals surface area contributed by atoms with Crippen LogP contribution in [0.15, 0.2) is 53.9 Å². The highest BCUT2D eigenvalue weighted by atomic mass is 32.2. The predicted molar refractivity (Wildman–Crippen MR) is 124 cm³/mol. The number of halogens is 4. The molecule has 13 heteroatoms. The molecular formula is C24H21F4N5O3S. The van der Waals surface area contributed by atoms with E-state index in [4.69, 9.17) is 0 Å². The number of amides is 1. The summed E-state index contributed by atoms with van der Waals surface area (Å²) in [5.41, 5.74) is 0.291. The highest BCUT2D eigenvalue weighted by Crippen LogP contribution is 2.26. The van der Waals surface area contributed by atoms with Gasteiger partial charge in [-0.25, -0.2) is 31.0 Å². The van der Waals surface area contributed by atoms with E-state index in [9.17, 15) is 30.8 Å². The van der Waals surface area contributed by atoms with Crippen molar-refractivity contribution in [3.05, 3.63) is 94.6 Å². The molecular weight excluding hydrogens is 514 g/mol. The summed E-state index contributed by atoms with van der Waals surface area (Å²) in [7, 11) is -1.42. The van der Waals surface area contributed by atoms with Crippen LogP contribution in [0.4, 0.5) is 17.6 Å². The van der Waals surface area contributed by atoms with Gasteiger partial charge in [-0.1, -0.05) is 0 Å². The molecule has 2 aromatic heterocycles. The van der Waals surface area contributed by atoms with Gasteiger partial charge in [0.2, 0.25) is 15.0 Å².